The molecule has 0 bridgehead atoms. The number of carbonyl (C=O) groups is 2. The molecule has 8 nitrogen and oxygen atoms in total. The number of rotatable bonds is 7. The summed E-state index contributed by atoms with van der Waals surface area (Å²) in [6.45, 7) is 3.17. The maximum absolute atomic E-state index is 12.9. The van der Waals surface area contributed by atoms with Crippen LogP contribution in [-0.4, -0.2) is 29.1 Å². The number of benzene rings is 2. The van der Waals surface area contributed by atoms with Crippen LogP contribution >= 0.6 is 11.8 Å². The van der Waals surface area contributed by atoms with Gasteiger partial charge in [-0.1, -0.05) is 17.3 Å². The van der Waals surface area contributed by atoms with Gasteiger partial charge in [-0.25, -0.2) is 0 Å². The van der Waals surface area contributed by atoms with Crippen LogP contribution in [0.5, 0.6) is 5.75 Å². The highest BCUT2D eigenvalue weighted by Crippen LogP contribution is 2.30. The Morgan fingerprint density at radius 2 is 1.97 bits per heavy atom. The normalized spacial score (nSPS) is 10.4. The van der Waals surface area contributed by atoms with Crippen LogP contribution in [0.1, 0.15) is 29.0 Å². The number of hydrogen-bond acceptors (Lipinski definition) is 7. The lowest BCUT2D eigenvalue weighted by Gasteiger charge is -2.14. The van der Waals surface area contributed by atoms with Crippen molar-refractivity contribution in [3.05, 3.63) is 59.7 Å². The molecule has 0 fully saturated rings. The molecule has 0 aliphatic carbocycles. The molecular formula is C20H20N4O4S. The number of aromatic nitrogens is 2. The predicted molar refractivity (Wildman–Crippen MR) is 110 cm³/mol. The number of amides is 2. The number of anilines is 2. The summed E-state index contributed by atoms with van der Waals surface area (Å²) in [4.78, 5) is 29.2. The minimum Gasteiger partial charge on any atom is -0.495 e. The number of ether oxygens (including phenoxy) is 1. The van der Waals surface area contributed by atoms with Crippen LogP contribution in [0.2, 0.25) is 0 Å². The monoisotopic (exact) mass is 412 g/mol. The van der Waals surface area contributed by atoms with Crippen molar-refractivity contribution in [2.75, 3.05) is 17.7 Å². The second kappa shape index (κ2) is 9.24. The first kappa shape index (κ1) is 20.4. The molecule has 0 saturated carbocycles. The molecule has 150 valence electrons. The minimum atomic E-state index is -0.298. The number of nitrogens with zero attached hydrogens (tertiary/aromatic N) is 2. The maximum atomic E-state index is 12.9. The fourth-order valence-corrected chi connectivity index (χ4v) is 3.48. The standard InChI is InChI=1S/C20H20N4O4S/c1-12-21-19(28-24-12)11-29-18-7-5-4-6-15(18)20(26)23-16-10-14(22-13(2)25)8-9-17(16)27-3/h4-10H,11H2,1-3H3,(H,22,25)(H,23,26). The SMILES string of the molecule is COc1ccc(NC(C)=O)cc1NC(=O)c1ccccc1SCc1nc(C)no1. The van der Waals surface area contributed by atoms with Crippen LogP contribution in [0.4, 0.5) is 11.4 Å². The fourth-order valence-electron chi connectivity index (χ4n) is 2.59. The van der Waals surface area contributed by atoms with Crippen LogP contribution in [0.25, 0.3) is 0 Å². The second-order valence-electron chi connectivity index (χ2n) is 6.07. The molecule has 0 aliphatic heterocycles. The van der Waals surface area contributed by atoms with Gasteiger partial charge in [0.25, 0.3) is 5.91 Å². The molecule has 9 heteroatoms. The Balaban J connectivity index is 1.79. The summed E-state index contributed by atoms with van der Waals surface area (Å²) >= 11 is 1.43. The van der Waals surface area contributed by atoms with E-state index in [0.717, 1.165) is 4.90 Å². The zero-order valence-corrected chi connectivity index (χ0v) is 17.0. The van der Waals surface area contributed by atoms with Gasteiger partial charge in [0, 0.05) is 17.5 Å². The molecule has 3 rings (SSSR count). The predicted octanol–water partition coefficient (Wildman–Crippen LogP) is 3.89. The molecule has 0 radical (unpaired) electrons. The number of aryl methyl sites for hydroxylation is 1. The van der Waals surface area contributed by atoms with Gasteiger partial charge in [0.15, 0.2) is 5.82 Å². The van der Waals surface area contributed by atoms with Crippen molar-refractivity contribution >= 4 is 35.0 Å². The van der Waals surface area contributed by atoms with Gasteiger partial charge in [-0.3, -0.25) is 9.59 Å². The zero-order chi connectivity index (χ0) is 20.8. The zero-order valence-electron chi connectivity index (χ0n) is 16.2. The summed E-state index contributed by atoms with van der Waals surface area (Å²) in [5, 5.41) is 9.31. The van der Waals surface area contributed by atoms with Gasteiger partial charge in [-0.05, 0) is 37.3 Å². The molecule has 0 aliphatic rings. The second-order valence-corrected chi connectivity index (χ2v) is 7.09. The van der Waals surface area contributed by atoms with Gasteiger partial charge in [-0.2, -0.15) is 4.98 Å². The molecule has 0 unspecified atom stereocenters. The van der Waals surface area contributed by atoms with Gasteiger partial charge < -0.3 is 19.9 Å². The lowest BCUT2D eigenvalue weighted by molar-refractivity contribution is -0.114. The van der Waals surface area contributed by atoms with E-state index in [1.807, 2.05) is 12.1 Å². The van der Waals surface area contributed by atoms with Crippen molar-refractivity contribution in [1.29, 1.82) is 0 Å². The lowest BCUT2D eigenvalue weighted by Crippen LogP contribution is -2.14. The number of nitrogens with one attached hydrogen (secondary N) is 2. The first-order valence-electron chi connectivity index (χ1n) is 8.74. The minimum absolute atomic E-state index is 0.203. The third-order valence-electron chi connectivity index (χ3n) is 3.82. The van der Waals surface area contributed by atoms with Gasteiger partial charge in [0.2, 0.25) is 11.8 Å². The van der Waals surface area contributed by atoms with Gasteiger partial charge in [-0.15, -0.1) is 11.8 Å². The first-order chi connectivity index (χ1) is 14.0. The highest BCUT2D eigenvalue weighted by Gasteiger charge is 2.15. The highest BCUT2D eigenvalue weighted by molar-refractivity contribution is 7.98. The average molecular weight is 412 g/mol. The molecule has 2 N–H and O–H groups in total. The molecule has 1 heterocycles. The fraction of sp³-hybridized carbons (Fsp3) is 0.200. The summed E-state index contributed by atoms with van der Waals surface area (Å²) in [6, 6.07) is 12.3. The topological polar surface area (TPSA) is 106 Å². The van der Waals surface area contributed by atoms with Crippen LogP contribution in [0.15, 0.2) is 51.9 Å². The summed E-state index contributed by atoms with van der Waals surface area (Å²) in [5.41, 5.74) is 1.51. The third-order valence-corrected chi connectivity index (χ3v) is 4.88. The third kappa shape index (κ3) is 5.35. The van der Waals surface area contributed by atoms with Crippen LogP contribution < -0.4 is 15.4 Å². The quantitative estimate of drug-likeness (QED) is 0.567. The Morgan fingerprint density at radius 1 is 1.17 bits per heavy atom. The van der Waals surface area contributed by atoms with E-state index in [4.69, 9.17) is 9.26 Å². The summed E-state index contributed by atoms with van der Waals surface area (Å²) in [6.07, 6.45) is 0. The first-order valence-corrected chi connectivity index (χ1v) is 9.73. The van der Waals surface area contributed by atoms with Crippen LogP contribution in [-0.2, 0) is 10.5 Å². The lowest BCUT2D eigenvalue weighted by atomic mass is 10.2. The number of thioether (sulfide) groups is 1. The molecule has 29 heavy (non-hydrogen) atoms. The van der Waals surface area contributed by atoms with Crippen LogP contribution in [0.3, 0.4) is 0 Å². The van der Waals surface area contributed by atoms with Crippen molar-refractivity contribution in [3.8, 4) is 5.75 Å². The van der Waals surface area contributed by atoms with E-state index in [0.29, 0.717) is 40.2 Å². The van der Waals surface area contributed by atoms with Crippen molar-refractivity contribution < 1.29 is 18.8 Å². The van der Waals surface area contributed by atoms with Gasteiger partial charge in [0.1, 0.15) is 5.75 Å². The Hall–Kier alpha value is -3.33. The molecule has 2 amide bonds. The van der Waals surface area contributed by atoms with Crippen molar-refractivity contribution in [1.82, 2.24) is 10.1 Å². The average Bonchev–Trinajstić information content (AvgIpc) is 3.11. The number of hydrogen-bond donors (Lipinski definition) is 2. The van der Waals surface area contributed by atoms with Gasteiger partial charge in [0.05, 0.1) is 24.1 Å². The molecule has 0 atom stereocenters. The molecule has 0 spiro atoms. The van der Waals surface area contributed by atoms with Crippen molar-refractivity contribution in [2.24, 2.45) is 0 Å². The van der Waals surface area contributed by atoms with Gasteiger partial charge >= 0.3 is 0 Å². The summed E-state index contributed by atoms with van der Waals surface area (Å²) < 4.78 is 10.4. The summed E-state index contributed by atoms with van der Waals surface area (Å²) in [5.74, 6) is 1.49. The number of methoxy groups -OCH3 is 1. The molecule has 1 aromatic heterocycles. The smallest absolute Gasteiger partial charge is 0.256 e. The molecular weight excluding hydrogens is 392 g/mol. The molecule has 3 aromatic rings. The van der Waals surface area contributed by atoms with E-state index in [1.165, 1.54) is 25.8 Å². The Morgan fingerprint density at radius 3 is 2.66 bits per heavy atom. The Bertz CT molecular complexity index is 1030. The van der Waals surface area contributed by atoms with Crippen LogP contribution in [0, 0.1) is 6.92 Å². The highest BCUT2D eigenvalue weighted by atomic mass is 32.2. The molecule has 0 saturated heterocycles. The summed E-state index contributed by atoms with van der Waals surface area (Å²) in [7, 11) is 1.51. The van der Waals surface area contributed by atoms with E-state index in [-0.39, 0.29) is 11.8 Å². The van der Waals surface area contributed by atoms with Crippen molar-refractivity contribution in [3.63, 3.8) is 0 Å². The van der Waals surface area contributed by atoms with E-state index in [2.05, 4.69) is 20.8 Å². The Kier molecular flexibility index (Phi) is 6.50. The number of carbonyl (C=O) groups excluding carboxylic acids is 2. The maximum Gasteiger partial charge on any atom is 0.256 e. The largest absolute Gasteiger partial charge is 0.495 e. The van der Waals surface area contributed by atoms with Crippen molar-refractivity contribution in [2.45, 2.75) is 24.5 Å². The van der Waals surface area contributed by atoms with E-state index in [9.17, 15) is 9.59 Å². The van der Waals surface area contributed by atoms with E-state index >= 15 is 0 Å². The molecule has 2 aromatic carbocycles. The van der Waals surface area contributed by atoms with E-state index in [1.54, 1.807) is 37.3 Å². The van der Waals surface area contributed by atoms with E-state index < -0.39 is 0 Å². The Labute approximate surface area is 172 Å².